The summed E-state index contributed by atoms with van der Waals surface area (Å²) >= 11 is 0. The van der Waals surface area contributed by atoms with Gasteiger partial charge in [-0.1, -0.05) is 30.3 Å². The first-order chi connectivity index (χ1) is 14.9. The van der Waals surface area contributed by atoms with Crippen LogP contribution >= 0.6 is 0 Å². The van der Waals surface area contributed by atoms with Crippen molar-refractivity contribution in [2.75, 3.05) is 11.5 Å². The zero-order chi connectivity index (χ0) is 22.0. The van der Waals surface area contributed by atoms with Gasteiger partial charge < -0.3 is 14.7 Å². The van der Waals surface area contributed by atoms with E-state index >= 15 is 0 Å². The maximum Gasteiger partial charge on any atom is 0.264 e. The summed E-state index contributed by atoms with van der Waals surface area (Å²) < 4.78 is 19.0. The van der Waals surface area contributed by atoms with Crippen LogP contribution in [0.2, 0.25) is 0 Å². The summed E-state index contributed by atoms with van der Waals surface area (Å²) in [7, 11) is 0. The maximum absolute atomic E-state index is 13.6. The summed E-state index contributed by atoms with van der Waals surface area (Å²) in [6.07, 6.45) is -0.392. The molecule has 0 saturated heterocycles. The normalized spacial score (nSPS) is 17.5. The monoisotopic (exact) mass is 419 g/mol. The van der Waals surface area contributed by atoms with Gasteiger partial charge >= 0.3 is 0 Å². The third kappa shape index (κ3) is 3.94. The van der Waals surface area contributed by atoms with Gasteiger partial charge in [-0.05, 0) is 55.0 Å². The Kier molecular flexibility index (Phi) is 5.57. The second-order valence-corrected chi connectivity index (χ2v) is 7.46. The van der Waals surface area contributed by atoms with Gasteiger partial charge in [-0.2, -0.15) is 0 Å². The number of anilines is 1. The van der Waals surface area contributed by atoms with E-state index in [1.807, 2.05) is 6.92 Å². The molecule has 158 valence electrons. The second kappa shape index (κ2) is 8.32. The Labute approximate surface area is 179 Å². The van der Waals surface area contributed by atoms with E-state index in [1.54, 1.807) is 60.7 Å². The number of hydrogen-bond donors (Lipinski definition) is 1. The number of para-hydroxylation sites is 1. The van der Waals surface area contributed by atoms with Gasteiger partial charge in [0.05, 0.1) is 25.3 Å². The third-order valence-electron chi connectivity index (χ3n) is 5.37. The number of ketones is 1. The Balaban J connectivity index is 1.62. The van der Waals surface area contributed by atoms with Gasteiger partial charge in [0, 0.05) is 11.1 Å². The van der Waals surface area contributed by atoms with Crippen molar-refractivity contribution >= 4 is 17.4 Å². The number of amides is 1. The molecule has 5 nitrogen and oxygen atoms in total. The lowest BCUT2D eigenvalue weighted by Crippen LogP contribution is -2.41. The number of ether oxygens (including phenoxy) is 1. The van der Waals surface area contributed by atoms with Crippen molar-refractivity contribution in [2.24, 2.45) is 0 Å². The first-order valence-corrected chi connectivity index (χ1v) is 10.1. The lowest BCUT2D eigenvalue weighted by molar-refractivity contribution is -0.136. The molecule has 3 aromatic carbocycles. The highest BCUT2D eigenvalue weighted by Crippen LogP contribution is 2.43. The van der Waals surface area contributed by atoms with Gasteiger partial charge in [-0.3, -0.25) is 9.59 Å². The summed E-state index contributed by atoms with van der Waals surface area (Å²) in [5.74, 6) is -0.724. The number of carbonyl (C=O) groups is 2. The van der Waals surface area contributed by atoms with E-state index in [9.17, 15) is 19.1 Å². The highest BCUT2D eigenvalue weighted by molar-refractivity contribution is 6.10. The van der Waals surface area contributed by atoms with Crippen LogP contribution in [-0.4, -0.2) is 23.4 Å². The Morgan fingerprint density at radius 2 is 1.81 bits per heavy atom. The Morgan fingerprint density at radius 1 is 1.06 bits per heavy atom. The molecule has 6 heteroatoms. The third-order valence-corrected chi connectivity index (χ3v) is 5.37. The molecular formula is C25H22FNO4. The fraction of sp³-hybridized carbons (Fsp3) is 0.200. The van der Waals surface area contributed by atoms with E-state index in [2.05, 4.69) is 0 Å². The maximum atomic E-state index is 13.6. The van der Waals surface area contributed by atoms with Crippen LogP contribution in [0.4, 0.5) is 10.1 Å². The minimum atomic E-state index is -1.99. The van der Waals surface area contributed by atoms with Gasteiger partial charge in [0.2, 0.25) is 0 Å². The highest BCUT2D eigenvalue weighted by atomic mass is 19.1. The Morgan fingerprint density at radius 3 is 2.52 bits per heavy atom. The van der Waals surface area contributed by atoms with Gasteiger partial charge in [0.15, 0.2) is 11.4 Å². The van der Waals surface area contributed by atoms with Crippen LogP contribution in [0.1, 0.15) is 34.8 Å². The molecule has 0 unspecified atom stereocenters. The number of Topliss-reactive ketones (excluding diaryl/α,β-unsaturated/α-hetero) is 1. The van der Waals surface area contributed by atoms with Crippen molar-refractivity contribution in [1.29, 1.82) is 0 Å². The lowest BCUT2D eigenvalue weighted by atomic mass is 9.88. The average Bonchev–Trinajstić information content (AvgIpc) is 2.96. The molecule has 31 heavy (non-hydrogen) atoms. The van der Waals surface area contributed by atoms with E-state index in [1.165, 1.54) is 17.0 Å². The molecule has 0 aliphatic carbocycles. The highest BCUT2D eigenvalue weighted by Gasteiger charge is 2.50. The SMILES string of the molecule is CCOc1ccc(C(=O)C[C@]2(O)C(=O)N(Cc3cccc(F)c3)c3ccccc32)cc1. The Bertz CT molecular complexity index is 1130. The molecule has 1 aliphatic heterocycles. The molecule has 0 saturated carbocycles. The van der Waals surface area contributed by atoms with Crippen LogP contribution in [0.5, 0.6) is 5.75 Å². The molecule has 0 bridgehead atoms. The molecule has 0 radical (unpaired) electrons. The number of hydrogen-bond acceptors (Lipinski definition) is 4. The summed E-state index contributed by atoms with van der Waals surface area (Å²) in [6, 6.07) is 19.4. The van der Waals surface area contributed by atoms with Gasteiger partial charge in [-0.25, -0.2) is 4.39 Å². The number of fused-ring (bicyclic) bond motifs is 1. The molecule has 1 aliphatic rings. The van der Waals surface area contributed by atoms with Crippen LogP contribution < -0.4 is 9.64 Å². The molecule has 0 aromatic heterocycles. The van der Waals surface area contributed by atoms with Crippen molar-refractivity contribution in [2.45, 2.75) is 25.5 Å². The predicted octanol–water partition coefficient (Wildman–Crippen LogP) is 4.23. The van der Waals surface area contributed by atoms with Gasteiger partial charge in [0.25, 0.3) is 5.91 Å². The summed E-state index contributed by atoms with van der Waals surface area (Å²) in [4.78, 5) is 27.6. The number of nitrogens with zero attached hydrogens (tertiary/aromatic N) is 1. The van der Waals surface area contributed by atoms with Crippen LogP contribution in [0, 0.1) is 5.82 Å². The molecule has 1 atom stereocenters. The van der Waals surface area contributed by atoms with Crippen LogP contribution in [0.15, 0.2) is 72.8 Å². The minimum Gasteiger partial charge on any atom is -0.494 e. The summed E-state index contributed by atoms with van der Waals surface area (Å²) in [5, 5.41) is 11.4. The summed E-state index contributed by atoms with van der Waals surface area (Å²) in [5.41, 5.74) is -0.134. The molecule has 4 rings (SSSR count). The van der Waals surface area contributed by atoms with Crippen LogP contribution in [0.25, 0.3) is 0 Å². The number of benzene rings is 3. The zero-order valence-electron chi connectivity index (χ0n) is 17.0. The fourth-order valence-corrected chi connectivity index (χ4v) is 3.89. The van der Waals surface area contributed by atoms with Crippen molar-refractivity contribution < 1.29 is 23.8 Å². The first kappa shape index (κ1) is 20.8. The smallest absolute Gasteiger partial charge is 0.264 e. The molecule has 1 amide bonds. The van der Waals surface area contributed by atoms with Gasteiger partial charge in [0.1, 0.15) is 11.6 Å². The zero-order valence-corrected chi connectivity index (χ0v) is 17.0. The van der Waals surface area contributed by atoms with E-state index in [0.29, 0.717) is 34.7 Å². The molecule has 1 N–H and O–H groups in total. The first-order valence-electron chi connectivity index (χ1n) is 10.1. The number of carbonyl (C=O) groups excluding carboxylic acids is 2. The average molecular weight is 419 g/mol. The second-order valence-electron chi connectivity index (χ2n) is 7.46. The van der Waals surface area contributed by atoms with Crippen LogP contribution in [-0.2, 0) is 16.9 Å². The lowest BCUT2D eigenvalue weighted by Gasteiger charge is -2.23. The fourth-order valence-electron chi connectivity index (χ4n) is 3.89. The standard InChI is InChI=1S/C25H22FNO4/c1-2-31-20-12-10-18(11-13-20)23(28)15-25(30)21-8-3-4-9-22(21)27(24(25)29)16-17-6-5-7-19(26)14-17/h3-14,30H,2,15-16H2,1H3/t25-/m1/s1. The molecule has 0 spiro atoms. The van der Waals surface area contributed by atoms with E-state index in [4.69, 9.17) is 4.74 Å². The Hall–Kier alpha value is -3.51. The molecular weight excluding hydrogens is 397 g/mol. The topological polar surface area (TPSA) is 66.8 Å². The predicted molar refractivity (Wildman–Crippen MR) is 114 cm³/mol. The van der Waals surface area contributed by atoms with Crippen molar-refractivity contribution in [1.82, 2.24) is 0 Å². The van der Waals surface area contributed by atoms with E-state index in [0.717, 1.165) is 0 Å². The molecule has 0 fully saturated rings. The minimum absolute atomic E-state index is 0.0904. The van der Waals surface area contributed by atoms with Crippen molar-refractivity contribution in [3.63, 3.8) is 0 Å². The number of aliphatic hydroxyl groups is 1. The van der Waals surface area contributed by atoms with E-state index < -0.39 is 23.7 Å². The largest absolute Gasteiger partial charge is 0.494 e. The van der Waals surface area contributed by atoms with E-state index in [-0.39, 0.29) is 12.3 Å². The quantitative estimate of drug-likeness (QED) is 0.582. The number of rotatable bonds is 7. The number of halogens is 1. The van der Waals surface area contributed by atoms with Crippen LogP contribution in [0.3, 0.4) is 0 Å². The molecule has 3 aromatic rings. The van der Waals surface area contributed by atoms with Gasteiger partial charge in [-0.15, -0.1) is 0 Å². The molecule has 1 heterocycles. The van der Waals surface area contributed by atoms with Crippen molar-refractivity contribution in [3.8, 4) is 5.75 Å². The van der Waals surface area contributed by atoms with Crippen molar-refractivity contribution in [3.05, 3.63) is 95.3 Å². The summed E-state index contributed by atoms with van der Waals surface area (Å²) in [6.45, 7) is 2.47.